The average molecular weight is 370 g/mol. The molecule has 0 spiro atoms. The van der Waals surface area contributed by atoms with E-state index in [0.717, 1.165) is 16.9 Å². The minimum atomic E-state index is -3.16. The Labute approximate surface area is 146 Å². The molecule has 0 aliphatic rings. The predicted molar refractivity (Wildman–Crippen MR) is 90.6 cm³/mol. The van der Waals surface area contributed by atoms with Crippen LogP contribution in [-0.4, -0.2) is 36.5 Å². The fourth-order valence-corrected chi connectivity index (χ4v) is 2.64. The molecule has 0 amide bonds. The molecule has 1 aromatic heterocycles. The Bertz CT molecular complexity index is 777. The molecule has 0 fully saturated rings. The molecule has 134 valence electrons. The van der Waals surface area contributed by atoms with Crippen molar-refractivity contribution in [3.63, 3.8) is 0 Å². The summed E-state index contributed by atoms with van der Waals surface area (Å²) >= 11 is 1.03. The number of aromatic nitrogens is 1. The number of nitrogens with one attached hydrogen (secondary N) is 1. The first-order chi connectivity index (χ1) is 11.9. The van der Waals surface area contributed by atoms with Crippen LogP contribution in [0.15, 0.2) is 30.5 Å². The first-order valence-corrected chi connectivity index (χ1v) is 7.90. The lowest BCUT2D eigenvalue weighted by Gasteiger charge is -2.10. The van der Waals surface area contributed by atoms with Crippen LogP contribution in [0.1, 0.15) is 10.4 Å². The zero-order valence-corrected chi connectivity index (χ0v) is 14.3. The van der Waals surface area contributed by atoms with Gasteiger partial charge in [0.25, 0.3) is 6.43 Å². The molecular weight excluding hydrogens is 354 g/mol. The number of halogens is 2. The van der Waals surface area contributed by atoms with E-state index in [-0.39, 0.29) is 4.88 Å². The Balaban J connectivity index is 2.06. The number of hydrogen-bond donors (Lipinski definition) is 2. The highest BCUT2D eigenvalue weighted by molar-refractivity contribution is 7.16. The van der Waals surface area contributed by atoms with E-state index in [2.05, 4.69) is 10.3 Å². The van der Waals surface area contributed by atoms with Crippen LogP contribution in [0, 0.1) is 0 Å². The first-order valence-electron chi connectivity index (χ1n) is 7.08. The fourth-order valence-electron chi connectivity index (χ4n) is 1.91. The fraction of sp³-hybridized carbons (Fsp3) is 0.250. The molecule has 0 bridgehead atoms. The molecule has 2 rings (SSSR count). The van der Waals surface area contributed by atoms with Gasteiger partial charge in [-0.3, -0.25) is 4.79 Å². The molecular formula is C16H16F2N2O4S. The lowest BCUT2D eigenvalue weighted by atomic mass is 10.2. The maximum Gasteiger partial charge on any atom is 0.300 e. The van der Waals surface area contributed by atoms with Crippen LogP contribution >= 0.6 is 11.3 Å². The number of rotatable bonds is 8. The van der Waals surface area contributed by atoms with Crippen LogP contribution in [0.3, 0.4) is 0 Å². The van der Waals surface area contributed by atoms with Crippen molar-refractivity contribution in [2.75, 3.05) is 19.5 Å². The second-order valence-electron chi connectivity index (χ2n) is 4.79. The van der Waals surface area contributed by atoms with Crippen molar-refractivity contribution in [2.45, 2.75) is 13.0 Å². The summed E-state index contributed by atoms with van der Waals surface area (Å²) < 4.78 is 34.8. The Hall–Kier alpha value is -2.68. The number of carbonyl (C=O) groups is 1. The third kappa shape index (κ3) is 4.90. The number of alkyl halides is 2. The van der Waals surface area contributed by atoms with Gasteiger partial charge in [0.2, 0.25) is 5.78 Å². The minimum Gasteiger partial charge on any atom is -0.506 e. The standard InChI is InChI=1S/C16H16F2N2O4S/c1-23-10-4-3-9(13(5-10)24-2)7-19-16-20-8-14(25-16)11(21)6-12(22)15(17)18/h3-6,8,15,21H,7H2,1-2H3,(H,19,20). The number of aliphatic hydroxyl groups is 1. The lowest BCUT2D eigenvalue weighted by molar-refractivity contribution is -0.124. The van der Waals surface area contributed by atoms with Crippen molar-refractivity contribution in [2.24, 2.45) is 0 Å². The number of ether oxygens (including phenoxy) is 2. The van der Waals surface area contributed by atoms with E-state index in [0.29, 0.717) is 29.3 Å². The molecule has 6 nitrogen and oxygen atoms in total. The summed E-state index contributed by atoms with van der Waals surface area (Å²) in [5.41, 5.74) is 0.854. The quantitative estimate of drug-likeness (QED) is 0.547. The highest BCUT2D eigenvalue weighted by Gasteiger charge is 2.15. The Kier molecular flexibility index (Phi) is 6.29. The topological polar surface area (TPSA) is 80.7 Å². The van der Waals surface area contributed by atoms with Crippen molar-refractivity contribution >= 4 is 28.0 Å². The van der Waals surface area contributed by atoms with Gasteiger partial charge in [-0.2, -0.15) is 0 Å². The van der Waals surface area contributed by atoms with Gasteiger partial charge in [-0.25, -0.2) is 13.8 Å². The number of benzene rings is 1. The molecule has 9 heteroatoms. The van der Waals surface area contributed by atoms with E-state index in [1.54, 1.807) is 26.4 Å². The molecule has 2 aromatic rings. The Morgan fingerprint density at radius 2 is 2.16 bits per heavy atom. The van der Waals surface area contributed by atoms with E-state index in [9.17, 15) is 18.7 Å². The van der Waals surface area contributed by atoms with Crippen LogP contribution in [0.5, 0.6) is 11.5 Å². The molecule has 0 saturated carbocycles. The van der Waals surface area contributed by atoms with Gasteiger partial charge >= 0.3 is 0 Å². The summed E-state index contributed by atoms with van der Waals surface area (Å²) in [7, 11) is 3.10. The molecule has 0 aliphatic heterocycles. The molecule has 0 unspecified atom stereocenters. The number of allylic oxidation sites excluding steroid dienone is 1. The van der Waals surface area contributed by atoms with Gasteiger partial charge in [-0.15, -0.1) is 0 Å². The van der Waals surface area contributed by atoms with Crippen molar-refractivity contribution in [3.05, 3.63) is 40.9 Å². The number of hydrogen-bond acceptors (Lipinski definition) is 7. The molecule has 0 atom stereocenters. The number of carbonyl (C=O) groups excluding carboxylic acids is 1. The van der Waals surface area contributed by atoms with Gasteiger partial charge in [0.05, 0.1) is 25.3 Å². The number of ketones is 1. The maximum absolute atomic E-state index is 12.2. The van der Waals surface area contributed by atoms with Crippen LogP contribution < -0.4 is 14.8 Å². The molecule has 0 saturated heterocycles. The van der Waals surface area contributed by atoms with Crippen LogP contribution in [0.25, 0.3) is 5.76 Å². The summed E-state index contributed by atoms with van der Waals surface area (Å²) in [6.07, 6.45) is -1.37. The van der Waals surface area contributed by atoms with Gasteiger partial charge in [0.15, 0.2) is 5.13 Å². The van der Waals surface area contributed by atoms with Crippen molar-refractivity contribution in [1.29, 1.82) is 0 Å². The average Bonchev–Trinajstić information content (AvgIpc) is 3.08. The molecule has 2 N–H and O–H groups in total. The summed E-state index contributed by atoms with van der Waals surface area (Å²) in [5.74, 6) is -0.703. The van der Waals surface area contributed by atoms with Gasteiger partial charge in [0.1, 0.15) is 17.3 Å². The SMILES string of the molecule is COc1ccc(CNc2ncc(C(O)=CC(=O)C(F)F)s2)c(OC)c1. The van der Waals surface area contributed by atoms with E-state index in [1.807, 2.05) is 6.07 Å². The Morgan fingerprint density at radius 1 is 1.40 bits per heavy atom. The van der Waals surface area contributed by atoms with E-state index >= 15 is 0 Å². The smallest absolute Gasteiger partial charge is 0.300 e. The summed E-state index contributed by atoms with van der Waals surface area (Å²) in [4.78, 5) is 15.2. The molecule has 25 heavy (non-hydrogen) atoms. The summed E-state index contributed by atoms with van der Waals surface area (Å²) in [5, 5.41) is 13.2. The van der Waals surface area contributed by atoms with Crippen molar-refractivity contribution in [1.82, 2.24) is 4.98 Å². The highest BCUT2D eigenvalue weighted by atomic mass is 32.1. The van der Waals surface area contributed by atoms with Gasteiger partial charge < -0.3 is 19.9 Å². The lowest BCUT2D eigenvalue weighted by Crippen LogP contribution is -2.06. The van der Waals surface area contributed by atoms with Crippen LogP contribution in [-0.2, 0) is 11.3 Å². The number of methoxy groups -OCH3 is 2. The highest BCUT2D eigenvalue weighted by Crippen LogP contribution is 2.27. The number of nitrogens with zero attached hydrogens (tertiary/aromatic N) is 1. The van der Waals surface area contributed by atoms with E-state index in [1.165, 1.54) is 6.20 Å². The van der Waals surface area contributed by atoms with Crippen LogP contribution in [0.4, 0.5) is 13.9 Å². The summed E-state index contributed by atoms with van der Waals surface area (Å²) in [6, 6.07) is 5.37. The largest absolute Gasteiger partial charge is 0.506 e. The third-order valence-corrected chi connectivity index (χ3v) is 4.15. The van der Waals surface area contributed by atoms with Crippen molar-refractivity contribution in [3.8, 4) is 11.5 Å². The third-order valence-electron chi connectivity index (χ3n) is 3.18. The normalized spacial score (nSPS) is 11.5. The van der Waals surface area contributed by atoms with Crippen molar-refractivity contribution < 1.29 is 28.2 Å². The van der Waals surface area contributed by atoms with E-state index in [4.69, 9.17) is 9.47 Å². The van der Waals surface area contributed by atoms with E-state index < -0.39 is 18.0 Å². The first kappa shape index (κ1) is 18.7. The maximum atomic E-state index is 12.2. The molecule has 1 aromatic carbocycles. The summed E-state index contributed by atoms with van der Waals surface area (Å²) in [6.45, 7) is 0.389. The van der Waals surface area contributed by atoms with Gasteiger partial charge in [-0.05, 0) is 12.1 Å². The molecule has 0 aliphatic carbocycles. The zero-order chi connectivity index (χ0) is 18.4. The second kappa shape index (κ2) is 8.43. The Morgan fingerprint density at radius 3 is 2.80 bits per heavy atom. The van der Waals surface area contributed by atoms with Crippen LogP contribution in [0.2, 0.25) is 0 Å². The van der Waals surface area contributed by atoms with Gasteiger partial charge in [-0.1, -0.05) is 11.3 Å². The number of aliphatic hydroxyl groups excluding tert-OH is 1. The zero-order valence-electron chi connectivity index (χ0n) is 13.5. The van der Waals surface area contributed by atoms with Gasteiger partial charge in [0, 0.05) is 24.3 Å². The monoisotopic (exact) mass is 370 g/mol. The minimum absolute atomic E-state index is 0.207. The predicted octanol–water partition coefficient (Wildman–Crippen LogP) is 3.51. The molecule has 1 heterocycles. The number of thiazole rings is 1. The molecule has 0 radical (unpaired) electrons. The second-order valence-corrected chi connectivity index (χ2v) is 5.82. The number of anilines is 1.